The largest absolute Gasteiger partial charge is 0.389 e. The van der Waals surface area contributed by atoms with Crippen LogP contribution in [0.1, 0.15) is 0 Å². The molecular weight excluding hydrogens is 464 g/mol. The summed E-state index contributed by atoms with van der Waals surface area (Å²) in [5.41, 5.74) is -2.98. The standard InChI is InChI=1S/C10H13BrN4O9S2/c11-9(3-18,15(23)24)7(20)10(25-4-12,26-5-13)6(19)8(1-16,2-17)14(21)22/h6-7,16-20H,1-3H2. The van der Waals surface area contributed by atoms with E-state index in [0.717, 1.165) is 0 Å². The Kier molecular flexibility index (Phi) is 9.17. The second-order valence-electron chi connectivity index (χ2n) is 4.82. The number of nitro groups is 2. The number of hydrogen-bond donors (Lipinski definition) is 5. The van der Waals surface area contributed by atoms with E-state index in [0.29, 0.717) is 0 Å². The molecule has 0 aromatic heterocycles. The third kappa shape index (κ3) is 4.02. The van der Waals surface area contributed by atoms with Crippen molar-refractivity contribution in [2.45, 2.75) is 26.3 Å². The second kappa shape index (κ2) is 9.62. The summed E-state index contributed by atoms with van der Waals surface area (Å²) in [4.78, 5) is 20.0. The monoisotopic (exact) mass is 476 g/mol. The molecule has 0 saturated carbocycles. The van der Waals surface area contributed by atoms with E-state index < -0.39 is 55.9 Å². The maximum Gasteiger partial charge on any atom is 0.324 e. The van der Waals surface area contributed by atoms with Gasteiger partial charge in [0.2, 0.25) is 0 Å². The fourth-order valence-corrected chi connectivity index (χ4v) is 4.52. The lowest BCUT2D eigenvalue weighted by Gasteiger charge is -2.42. The zero-order valence-electron chi connectivity index (χ0n) is 12.6. The molecule has 0 aromatic rings. The third-order valence-corrected chi connectivity index (χ3v) is 6.72. The quantitative estimate of drug-likeness (QED) is 0.0552. The molecule has 0 spiro atoms. The minimum absolute atomic E-state index is 0.127. The lowest BCUT2D eigenvalue weighted by molar-refractivity contribution is -0.592. The van der Waals surface area contributed by atoms with Crippen LogP contribution in [0, 0.1) is 41.6 Å². The first-order chi connectivity index (χ1) is 12.0. The minimum atomic E-state index is -2.98. The van der Waals surface area contributed by atoms with Crippen molar-refractivity contribution in [3.63, 3.8) is 0 Å². The molecule has 146 valence electrons. The Balaban J connectivity index is 6.73. The van der Waals surface area contributed by atoms with E-state index in [2.05, 4.69) is 15.9 Å². The van der Waals surface area contributed by atoms with Gasteiger partial charge in [0.15, 0.2) is 16.3 Å². The number of aliphatic hydroxyl groups excluding tert-OH is 5. The Morgan fingerprint density at radius 2 is 1.38 bits per heavy atom. The van der Waals surface area contributed by atoms with E-state index in [9.17, 15) is 45.8 Å². The van der Waals surface area contributed by atoms with Crippen molar-refractivity contribution in [2.24, 2.45) is 0 Å². The smallest absolute Gasteiger partial charge is 0.324 e. The highest BCUT2D eigenvalue weighted by Gasteiger charge is 2.69. The van der Waals surface area contributed by atoms with Gasteiger partial charge in [-0.05, 0) is 23.5 Å². The van der Waals surface area contributed by atoms with Crippen molar-refractivity contribution in [2.75, 3.05) is 19.8 Å². The Labute approximate surface area is 162 Å². The number of alkyl halides is 1. The molecule has 0 fully saturated rings. The molecular formula is C10H13BrN4O9S2. The number of nitriles is 2. The normalized spacial score (nSPS) is 16.6. The van der Waals surface area contributed by atoms with Crippen molar-refractivity contribution in [3.8, 4) is 10.8 Å². The molecule has 0 aromatic carbocycles. The highest BCUT2D eigenvalue weighted by Crippen LogP contribution is 2.50. The predicted molar refractivity (Wildman–Crippen MR) is 90.8 cm³/mol. The van der Waals surface area contributed by atoms with Crippen LogP contribution in [0.4, 0.5) is 0 Å². The fraction of sp³-hybridized carbons (Fsp3) is 0.800. The van der Waals surface area contributed by atoms with E-state index in [4.69, 9.17) is 10.5 Å². The summed E-state index contributed by atoms with van der Waals surface area (Å²) in [6.45, 7) is -4.37. The number of aliphatic hydroxyl groups is 5. The van der Waals surface area contributed by atoms with Gasteiger partial charge >= 0.3 is 4.45 Å². The average Bonchev–Trinajstić information content (AvgIpc) is 2.60. The van der Waals surface area contributed by atoms with Gasteiger partial charge < -0.3 is 25.5 Å². The maximum atomic E-state index is 11.3. The van der Waals surface area contributed by atoms with Crippen LogP contribution >= 0.6 is 39.5 Å². The molecule has 26 heavy (non-hydrogen) atoms. The van der Waals surface area contributed by atoms with E-state index in [1.807, 2.05) is 0 Å². The molecule has 0 aliphatic heterocycles. The zero-order chi connectivity index (χ0) is 20.8. The molecule has 3 unspecified atom stereocenters. The Morgan fingerprint density at radius 3 is 1.62 bits per heavy atom. The third-order valence-electron chi connectivity index (χ3n) is 3.54. The van der Waals surface area contributed by atoms with Crippen molar-refractivity contribution in [1.82, 2.24) is 0 Å². The van der Waals surface area contributed by atoms with Crippen LogP contribution in [0.15, 0.2) is 0 Å². The van der Waals surface area contributed by atoms with Gasteiger partial charge in [-0.2, -0.15) is 10.5 Å². The first kappa shape index (κ1) is 24.8. The summed E-state index contributed by atoms with van der Waals surface area (Å²) in [5.74, 6) is 0. The van der Waals surface area contributed by atoms with Crippen molar-refractivity contribution in [3.05, 3.63) is 20.2 Å². The Hall–Kier alpha value is -1.24. The fourth-order valence-electron chi connectivity index (χ4n) is 1.90. The van der Waals surface area contributed by atoms with Gasteiger partial charge in [0.1, 0.15) is 30.6 Å². The first-order valence-corrected chi connectivity index (χ1v) is 8.74. The maximum absolute atomic E-state index is 11.3. The minimum Gasteiger partial charge on any atom is -0.389 e. The van der Waals surface area contributed by atoms with E-state index in [1.165, 1.54) is 10.8 Å². The second-order valence-corrected chi connectivity index (χ2v) is 8.58. The van der Waals surface area contributed by atoms with Crippen molar-refractivity contribution in [1.29, 1.82) is 10.5 Å². The van der Waals surface area contributed by atoms with Gasteiger partial charge in [0.05, 0.1) is 0 Å². The van der Waals surface area contributed by atoms with Gasteiger partial charge in [0, 0.05) is 25.8 Å². The van der Waals surface area contributed by atoms with Gasteiger partial charge in [0.25, 0.3) is 5.54 Å². The number of thiocyanates is 2. The molecule has 0 rings (SSSR count). The summed E-state index contributed by atoms with van der Waals surface area (Å²) in [6.07, 6.45) is -5.22. The molecule has 0 radical (unpaired) electrons. The van der Waals surface area contributed by atoms with Crippen LogP contribution in [0.3, 0.4) is 0 Å². The van der Waals surface area contributed by atoms with Crippen LogP contribution in [0.25, 0.3) is 0 Å². The predicted octanol–water partition coefficient (Wildman–Crippen LogP) is -1.81. The molecule has 0 aliphatic rings. The lowest BCUT2D eigenvalue weighted by Crippen LogP contribution is -2.69. The molecule has 0 saturated heterocycles. The Bertz CT molecular complexity index is 607. The Morgan fingerprint density at radius 1 is 0.962 bits per heavy atom. The highest BCUT2D eigenvalue weighted by molar-refractivity contribution is 9.10. The molecule has 0 aliphatic carbocycles. The summed E-state index contributed by atoms with van der Waals surface area (Å²) < 4.78 is -5.56. The lowest BCUT2D eigenvalue weighted by atomic mass is 9.88. The van der Waals surface area contributed by atoms with Crippen molar-refractivity contribution >= 4 is 39.5 Å². The SMILES string of the molecule is N#CSC(SC#N)(C(O)C(Br)(CO)[N+](=O)[O-])C(O)C(CO)(CO)[N+](=O)[O-]. The molecule has 3 atom stereocenters. The molecule has 13 nitrogen and oxygen atoms in total. The van der Waals surface area contributed by atoms with Gasteiger partial charge in [-0.15, -0.1) is 0 Å². The summed E-state index contributed by atoms with van der Waals surface area (Å²) in [5, 5.41) is 92.2. The first-order valence-electron chi connectivity index (χ1n) is 6.31. The molecule has 0 bridgehead atoms. The topological polar surface area (TPSA) is 235 Å². The number of halogens is 1. The highest BCUT2D eigenvalue weighted by atomic mass is 79.9. The van der Waals surface area contributed by atoms with E-state index in [-0.39, 0.29) is 23.5 Å². The van der Waals surface area contributed by atoms with Crippen LogP contribution in [0.5, 0.6) is 0 Å². The molecule has 5 N–H and O–H groups in total. The number of rotatable bonds is 11. The van der Waals surface area contributed by atoms with Gasteiger partial charge in [-0.3, -0.25) is 20.2 Å². The van der Waals surface area contributed by atoms with E-state index >= 15 is 0 Å². The number of nitrogens with zero attached hydrogens (tertiary/aromatic N) is 4. The summed E-state index contributed by atoms with van der Waals surface area (Å²) >= 11 is 2.20. The molecule has 0 amide bonds. The molecule has 16 heteroatoms. The molecule has 0 heterocycles. The summed E-state index contributed by atoms with van der Waals surface area (Å²) in [6, 6.07) is 0. The number of thioether (sulfide) groups is 2. The van der Waals surface area contributed by atoms with Crippen LogP contribution in [0.2, 0.25) is 0 Å². The van der Waals surface area contributed by atoms with Crippen LogP contribution in [-0.2, 0) is 0 Å². The average molecular weight is 477 g/mol. The van der Waals surface area contributed by atoms with Crippen LogP contribution in [-0.4, -0.2) is 81.5 Å². The van der Waals surface area contributed by atoms with Crippen molar-refractivity contribution < 1.29 is 35.4 Å². The summed E-state index contributed by atoms with van der Waals surface area (Å²) in [7, 11) is 0. The van der Waals surface area contributed by atoms with E-state index in [1.54, 1.807) is 0 Å². The van der Waals surface area contributed by atoms with Crippen LogP contribution < -0.4 is 0 Å². The number of hydrogen-bond acceptors (Lipinski definition) is 13. The van der Waals surface area contributed by atoms with Gasteiger partial charge in [-0.25, -0.2) is 0 Å². The van der Waals surface area contributed by atoms with Gasteiger partial charge in [-0.1, -0.05) is 0 Å². The zero-order valence-corrected chi connectivity index (χ0v) is 15.8.